The molecule has 0 amide bonds. The second kappa shape index (κ2) is 5.49. The molecular formula is C15H20N4O2S. The van der Waals surface area contributed by atoms with Crippen molar-refractivity contribution in [3.05, 3.63) is 48.0 Å². The summed E-state index contributed by atoms with van der Waals surface area (Å²) in [5.74, 6) is -0.0687. The van der Waals surface area contributed by atoms with Crippen molar-refractivity contribution in [3.63, 3.8) is 0 Å². The van der Waals surface area contributed by atoms with Crippen LogP contribution in [0.2, 0.25) is 0 Å². The fraction of sp³-hybridized carbons (Fsp3) is 0.400. The summed E-state index contributed by atoms with van der Waals surface area (Å²) in [5.41, 5.74) is 7.93. The van der Waals surface area contributed by atoms with E-state index >= 15 is 0 Å². The molecule has 2 atom stereocenters. The molecule has 3 rings (SSSR count). The molecule has 1 aromatic heterocycles. The molecule has 0 bridgehead atoms. The third-order valence-electron chi connectivity index (χ3n) is 4.06. The molecule has 0 spiro atoms. The maximum absolute atomic E-state index is 12.8. The van der Waals surface area contributed by atoms with Crippen molar-refractivity contribution in [1.29, 1.82) is 0 Å². The monoisotopic (exact) mass is 320 g/mol. The summed E-state index contributed by atoms with van der Waals surface area (Å²) >= 11 is 0. The first kappa shape index (κ1) is 15.2. The van der Waals surface area contributed by atoms with Gasteiger partial charge in [-0.05, 0) is 24.6 Å². The minimum atomic E-state index is -3.51. The van der Waals surface area contributed by atoms with Gasteiger partial charge in [0, 0.05) is 38.3 Å². The van der Waals surface area contributed by atoms with Crippen LogP contribution in [-0.2, 0) is 17.1 Å². The molecule has 1 saturated heterocycles. The number of nitrogens with two attached hydrogens (primary N) is 1. The highest BCUT2D eigenvalue weighted by molar-refractivity contribution is 7.89. The highest BCUT2D eigenvalue weighted by Crippen LogP contribution is 2.29. The van der Waals surface area contributed by atoms with Crippen molar-refractivity contribution in [2.45, 2.75) is 23.8 Å². The second-order valence-electron chi connectivity index (χ2n) is 5.87. The largest absolute Gasteiger partial charge is 0.340 e. The van der Waals surface area contributed by atoms with E-state index in [1.165, 1.54) is 4.31 Å². The summed E-state index contributed by atoms with van der Waals surface area (Å²) in [6.07, 6.45) is 3.60. The number of aromatic nitrogens is 2. The maximum Gasteiger partial charge on any atom is 0.243 e. The number of hydrogen-bond acceptors (Lipinski definition) is 4. The lowest BCUT2D eigenvalue weighted by Crippen LogP contribution is -2.32. The lowest BCUT2D eigenvalue weighted by Gasteiger charge is -2.16. The van der Waals surface area contributed by atoms with E-state index in [4.69, 9.17) is 5.73 Å². The number of hydrogen-bond donors (Lipinski definition) is 1. The molecule has 2 heterocycles. The quantitative estimate of drug-likeness (QED) is 0.909. The van der Waals surface area contributed by atoms with E-state index in [0.717, 1.165) is 11.3 Å². The Morgan fingerprint density at radius 1 is 1.32 bits per heavy atom. The first-order chi connectivity index (χ1) is 10.4. The standard InChI is InChI=1S/C15H20N4O2S/c1-11-4-3-5-12(6-11)22(20,21)19-7-13(14(16)8-19)15-9-18(2)10-17-15/h3-6,9-10,13-14H,7-8,16H2,1-2H3/t13-,14-/m1/s1. The Hall–Kier alpha value is -1.70. The zero-order chi connectivity index (χ0) is 15.9. The van der Waals surface area contributed by atoms with Gasteiger partial charge in [-0.15, -0.1) is 0 Å². The van der Waals surface area contributed by atoms with E-state index in [1.54, 1.807) is 24.5 Å². The van der Waals surface area contributed by atoms with Crippen LogP contribution in [0.4, 0.5) is 0 Å². The van der Waals surface area contributed by atoms with E-state index in [9.17, 15) is 8.42 Å². The van der Waals surface area contributed by atoms with Crippen LogP contribution in [0.3, 0.4) is 0 Å². The average Bonchev–Trinajstić information content (AvgIpc) is 3.05. The van der Waals surface area contributed by atoms with Gasteiger partial charge in [-0.3, -0.25) is 0 Å². The third-order valence-corrected chi connectivity index (χ3v) is 5.89. The van der Waals surface area contributed by atoms with Crippen molar-refractivity contribution in [3.8, 4) is 0 Å². The predicted octanol–water partition coefficient (Wildman–Crippen LogP) is 0.844. The normalized spacial score (nSPS) is 23.0. The number of benzene rings is 1. The van der Waals surface area contributed by atoms with Crippen LogP contribution >= 0.6 is 0 Å². The van der Waals surface area contributed by atoms with Crippen LogP contribution in [0.1, 0.15) is 17.2 Å². The Morgan fingerprint density at radius 3 is 2.73 bits per heavy atom. The molecule has 6 nitrogen and oxygen atoms in total. The molecule has 2 aromatic rings. The van der Waals surface area contributed by atoms with E-state index in [2.05, 4.69) is 4.98 Å². The van der Waals surface area contributed by atoms with Crippen LogP contribution in [0.25, 0.3) is 0 Å². The maximum atomic E-state index is 12.8. The number of aryl methyl sites for hydroxylation is 2. The summed E-state index contributed by atoms with van der Waals surface area (Å²) in [6.45, 7) is 2.57. The van der Waals surface area contributed by atoms with Crippen molar-refractivity contribution < 1.29 is 8.42 Å². The van der Waals surface area contributed by atoms with Gasteiger partial charge in [0.05, 0.1) is 16.9 Å². The van der Waals surface area contributed by atoms with Crippen molar-refractivity contribution in [2.24, 2.45) is 12.8 Å². The van der Waals surface area contributed by atoms with E-state index in [0.29, 0.717) is 18.0 Å². The highest BCUT2D eigenvalue weighted by Gasteiger charge is 2.39. The van der Waals surface area contributed by atoms with Crippen LogP contribution in [0.15, 0.2) is 41.7 Å². The zero-order valence-electron chi connectivity index (χ0n) is 12.7. The minimum Gasteiger partial charge on any atom is -0.340 e. The number of nitrogens with zero attached hydrogens (tertiary/aromatic N) is 3. The molecule has 0 unspecified atom stereocenters. The van der Waals surface area contributed by atoms with Gasteiger partial charge in [0.2, 0.25) is 10.0 Å². The van der Waals surface area contributed by atoms with Crippen LogP contribution in [0.5, 0.6) is 0 Å². The lowest BCUT2D eigenvalue weighted by atomic mass is 10.0. The predicted molar refractivity (Wildman–Crippen MR) is 83.9 cm³/mol. The Labute approximate surface area is 130 Å². The fourth-order valence-electron chi connectivity index (χ4n) is 2.85. The lowest BCUT2D eigenvalue weighted by molar-refractivity contribution is 0.469. The summed E-state index contributed by atoms with van der Waals surface area (Å²) < 4.78 is 28.8. The molecule has 1 aliphatic heterocycles. The molecule has 118 valence electrons. The molecule has 0 saturated carbocycles. The van der Waals surface area contributed by atoms with Crippen LogP contribution in [-0.4, -0.2) is 41.4 Å². The van der Waals surface area contributed by atoms with Crippen molar-refractivity contribution in [2.75, 3.05) is 13.1 Å². The molecule has 7 heteroatoms. The first-order valence-electron chi connectivity index (χ1n) is 7.18. The molecule has 0 radical (unpaired) electrons. The Bertz CT molecular complexity index is 784. The molecule has 22 heavy (non-hydrogen) atoms. The van der Waals surface area contributed by atoms with Crippen molar-refractivity contribution >= 4 is 10.0 Å². The van der Waals surface area contributed by atoms with Gasteiger partial charge in [0.15, 0.2) is 0 Å². The van der Waals surface area contributed by atoms with Gasteiger partial charge in [0.25, 0.3) is 0 Å². The molecular weight excluding hydrogens is 300 g/mol. The van der Waals surface area contributed by atoms with Crippen molar-refractivity contribution in [1.82, 2.24) is 13.9 Å². The van der Waals surface area contributed by atoms with Gasteiger partial charge in [-0.2, -0.15) is 4.31 Å². The summed E-state index contributed by atoms with van der Waals surface area (Å²) in [4.78, 5) is 4.63. The van der Waals surface area contributed by atoms with Gasteiger partial charge >= 0.3 is 0 Å². The van der Waals surface area contributed by atoms with E-state index in [-0.39, 0.29) is 12.0 Å². The first-order valence-corrected chi connectivity index (χ1v) is 8.62. The van der Waals surface area contributed by atoms with E-state index < -0.39 is 10.0 Å². The summed E-state index contributed by atoms with van der Waals surface area (Å²) in [6, 6.07) is 6.71. The molecule has 1 fully saturated rings. The smallest absolute Gasteiger partial charge is 0.243 e. The SMILES string of the molecule is Cc1cccc(S(=O)(=O)N2C[C@@H](N)[C@H](c3cn(C)cn3)C2)c1. The number of rotatable bonds is 3. The van der Waals surface area contributed by atoms with Gasteiger partial charge in [-0.25, -0.2) is 13.4 Å². The molecule has 1 aromatic carbocycles. The van der Waals surface area contributed by atoms with E-state index in [1.807, 2.05) is 30.8 Å². The van der Waals surface area contributed by atoms with Crippen LogP contribution in [0, 0.1) is 6.92 Å². The zero-order valence-corrected chi connectivity index (χ0v) is 13.5. The fourth-order valence-corrected chi connectivity index (χ4v) is 4.46. The molecule has 1 aliphatic rings. The topological polar surface area (TPSA) is 81.2 Å². The molecule has 2 N–H and O–H groups in total. The van der Waals surface area contributed by atoms with Gasteiger partial charge in [-0.1, -0.05) is 12.1 Å². The minimum absolute atomic E-state index is 0.0687. The number of imidazole rings is 1. The third kappa shape index (κ3) is 2.67. The van der Waals surface area contributed by atoms with Crippen LogP contribution < -0.4 is 5.73 Å². The molecule has 0 aliphatic carbocycles. The Kier molecular flexibility index (Phi) is 3.80. The van der Waals surface area contributed by atoms with Gasteiger partial charge in [0.1, 0.15) is 0 Å². The Balaban J connectivity index is 1.87. The summed E-state index contributed by atoms with van der Waals surface area (Å²) in [7, 11) is -1.62. The summed E-state index contributed by atoms with van der Waals surface area (Å²) in [5, 5.41) is 0. The van der Waals surface area contributed by atoms with Gasteiger partial charge < -0.3 is 10.3 Å². The Morgan fingerprint density at radius 2 is 2.09 bits per heavy atom. The average molecular weight is 320 g/mol. The second-order valence-corrected chi connectivity index (χ2v) is 7.81. The highest BCUT2D eigenvalue weighted by atomic mass is 32.2. The number of sulfonamides is 1.